The molecule has 0 radical (unpaired) electrons. The molecule has 0 saturated carbocycles. The molecular weight excluding hydrogens is 480 g/mol. The number of piperidine rings is 1. The van der Waals surface area contributed by atoms with E-state index >= 15 is 0 Å². The van der Waals surface area contributed by atoms with Gasteiger partial charge in [0.2, 0.25) is 5.91 Å². The topological polar surface area (TPSA) is 58.4 Å². The minimum absolute atomic E-state index is 0.0808. The average molecular weight is 499 g/mol. The van der Waals surface area contributed by atoms with E-state index in [2.05, 4.69) is 62.5 Å². The lowest BCUT2D eigenvalue weighted by Gasteiger charge is -2.31. The molecule has 0 bridgehead atoms. The van der Waals surface area contributed by atoms with Crippen molar-refractivity contribution >= 4 is 51.1 Å². The molecule has 1 aliphatic heterocycles. The highest BCUT2D eigenvalue weighted by molar-refractivity contribution is 14.1. The van der Waals surface area contributed by atoms with Crippen molar-refractivity contribution < 1.29 is 4.79 Å². The lowest BCUT2D eigenvalue weighted by molar-refractivity contribution is 0.0994. The molecule has 6 heteroatoms. The fraction of sp³-hybridized carbons (Fsp3) is 0.500. The van der Waals surface area contributed by atoms with Gasteiger partial charge in [0, 0.05) is 31.8 Å². The molecule has 1 unspecified atom stereocenters. The van der Waals surface area contributed by atoms with E-state index in [1.54, 1.807) is 0 Å². The van der Waals surface area contributed by atoms with Gasteiger partial charge >= 0.3 is 0 Å². The molecule has 1 aromatic rings. The van der Waals surface area contributed by atoms with E-state index in [0.29, 0.717) is 5.56 Å². The highest BCUT2D eigenvalue weighted by Crippen LogP contribution is 2.28. The molecule has 1 aliphatic rings. The van der Waals surface area contributed by atoms with Gasteiger partial charge in [-0.2, -0.15) is 0 Å². The number of carbonyl (C=O) groups is 1. The Balaban J connectivity index is 2.25. The van der Waals surface area contributed by atoms with Crippen LogP contribution in [0.25, 0.3) is 0 Å². The second-order valence-electron chi connectivity index (χ2n) is 5.09. The Kier molecular flexibility index (Phi) is 6.06. The summed E-state index contributed by atoms with van der Waals surface area (Å²) in [5.41, 5.74) is 10.7. The first-order chi connectivity index (χ1) is 9.50. The van der Waals surface area contributed by atoms with E-state index in [9.17, 15) is 4.79 Å². The predicted molar refractivity (Wildman–Crippen MR) is 97.4 cm³/mol. The van der Waals surface area contributed by atoms with Crippen molar-refractivity contribution in [1.29, 1.82) is 0 Å². The molecule has 0 aliphatic carbocycles. The number of carbonyl (C=O) groups excluding carboxylic acids is 1. The van der Waals surface area contributed by atoms with Crippen molar-refractivity contribution in [2.45, 2.75) is 32.2 Å². The van der Waals surface area contributed by atoms with E-state index in [0.717, 1.165) is 25.8 Å². The Morgan fingerprint density at radius 2 is 1.95 bits per heavy atom. The van der Waals surface area contributed by atoms with Crippen molar-refractivity contribution in [1.82, 2.24) is 10.4 Å². The smallest absolute Gasteiger partial charge is 0.249 e. The van der Waals surface area contributed by atoms with Gasteiger partial charge in [-0.05, 0) is 82.6 Å². The third kappa shape index (κ3) is 3.83. The molecule has 2 rings (SSSR count). The Hall–Kier alpha value is 0.0700. The third-order valence-corrected chi connectivity index (χ3v) is 6.66. The summed E-state index contributed by atoms with van der Waals surface area (Å²) in [5.74, 6) is -0.360. The minimum Gasteiger partial charge on any atom is -0.366 e. The largest absolute Gasteiger partial charge is 0.366 e. The Bertz CT molecular complexity index is 501. The van der Waals surface area contributed by atoms with Crippen molar-refractivity contribution in [2.75, 3.05) is 13.1 Å². The number of halogens is 2. The zero-order chi connectivity index (χ0) is 14.7. The highest BCUT2D eigenvalue weighted by Gasteiger charge is 2.21. The standard InChI is InChI=1S/C14H19I2N3O/c1-9(18-19-7-3-2-4-8-19)12-10(14(17)20)5-6-11(15)13(12)16/h5-6,9,18H,2-4,7-8H2,1H3,(H2,17,20). The van der Waals surface area contributed by atoms with Crippen molar-refractivity contribution in [3.8, 4) is 0 Å². The zero-order valence-corrected chi connectivity index (χ0v) is 15.8. The molecule has 1 atom stereocenters. The number of nitrogens with zero attached hydrogens (tertiary/aromatic N) is 1. The summed E-state index contributed by atoms with van der Waals surface area (Å²) < 4.78 is 2.26. The molecular formula is C14H19I2N3O. The Morgan fingerprint density at radius 3 is 2.55 bits per heavy atom. The normalized spacial score (nSPS) is 17.9. The second kappa shape index (κ2) is 7.37. The fourth-order valence-electron chi connectivity index (χ4n) is 2.57. The summed E-state index contributed by atoms with van der Waals surface area (Å²) >= 11 is 4.59. The number of hydrazine groups is 1. The van der Waals surface area contributed by atoms with Crippen molar-refractivity contribution in [3.05, 3.63) is 30.4 Å². The van der Waals surface area contributed by atoms with E-state index in [1.165, 1.54) is 19.3 Å². The van der Waals surface area contributed by atoms with Gasteiger partial charge in [-0.3, -0.25) is 4.79 Å². The maximum atomic E-state index is 11.7. The lowest BCUT2D eigenvalue weighted by atomic mass is 10.0. The average Bonchev–Trinajstić information content (AvgIpc) is 2.42. The first-order valence-corrected chi connectivity index (χ1v) is 8.95. The van der Waals surface area contributed by atoms with Crippen LogP contribution in [-0.4, -0.2) is 24.0 Å². The van der Waals surface area contributed by atoms with Crippen LogP contribution >= 0.6 is 45.2 Å². The number of amides is 1. The number of rotatable bonds is 4. The molecule has 1 heterocycles. The van der Waals surface area contributed by atoms with Crippen LogP contribution in [0.2, 0.25) is 0 Å². The van der Waals surface area contributed by atoms with E-state index in [4.69, 9.17) is 5.73 Å². The van der Waals surface area contributed by atoms with Gasteiger partial charge in [-0.1, -0.05) is 6.42 Å². The van der Waals surface area contributed by atoms with Gasteiger partial charge in [0.25, 0.3) is 0 Å². The quantitative estimate of drug-likeness (QED) is 0.627. The summed E-state index contributed by atoms with van der Waals surface area (Å²) in [6.07, 6.45) is 3.76. The number of primary amides is 1. The van der Waals surface area contributed by atoms with Gasteiger partial charge in [-0.15, -0.1) is 0 Å². The fourth-order valence-corrected chi connectivity index (χ4v) is 3.97. The molecule has 0 spiro atoms. The van der Waals surface area contributed by atoms with E-state index in [1.807, 2.05) is 12.1 Å². The lowest BCUT2D eigenvalue weighted by Crippen LogP contribution is -2.43. The number of nitrogens with one attached hydrogen (secondary N) is 1. The molecule has 0 aromatic heterocycles. The van der Waals surface area contributed by atoms with Crippen LogP contribution < -0.4 is 11.2 Å². The maximum Gasteiger partial charge on any atom is 0.249 e. The summed E-state index contributed by atoms with van der Waals surface area (Å²) in [6.45, 7) is 4.22. The van der Waals surface area contributed by atoms with Crippen molar-refractivity contribution in [2.24, 2.45) is 5.73 Å². The van der Waals surface area contributed by atoms with Gasteiger partial charge < -0.3 is 5.73 Å². The Morgan fingerprint density at radius 1 is 1.30 bits per heavy atom. The first-order valence-electron chi connectivity index (χ1n) is 6.79. The summed E-state index contributed by atoms with van der Waals surface area (Å²) in [7, 11) is 0. The number of nitrogens with two attached hydrogens (primary N) is 1. The third-order valence-electron chi connectivity index (χ3n) is 3.56. The van der Waals surface area contributed by atoms with Crippen LogP contribution in [0.15, 0.2) is 12.1 Å². The molecule has 1 fully saturated rings. The predicted octanol–water partition coefficient (Wildman–Crippen LogP) is 3.05. The molecule has 4 nitrogen and oxygen atoms in total. The van der Waals surface area contributed by atoms with Crippen LogP contribution in [0.1, 0.15) is 48.1 Å². The molecule has 110 valence electrons. The van der Waals surface area contributed by atoms with Gasteiger partial charge in [0.15, 0.2) is 0 Å². The van der Waals surface area contributed by atoms with Crippen LogP contribution in [0.5, 0.6) is 0 Å². The SMILES string of the molecule is CC(NN1CCCCC1)c1c(C(N)=O)ccc(I)c1I. The first kappa shape index (κ1) is 16.4. The number of hydrogen-bond acceptors (Lipinski definition) is 3. The molecule has 1 saturated heterocycles. The monoisotopic (exact) mass is 499 g/mol. The zero-order valence-electron chi connectivity index (χ0n) is 11.5. The van der Waals surface area contributed by atoms with Crippen LogP contribution in [0.3, 0.4) is 0 Å². The summed E-state index contributed by atoms with van der Waals surface area (Å²) in [6, 6.07) is 3.85. The van der Waals surface area contributed by atoms with E-state index < -0.39 is 0 Å². The number of hydrogen-bond donors (Lipinski definition) is 2. The Labute approximate surface area is 147 Å². The van der Waals surface area contributed by atoms with Crippen LogP contribution in [-0.2, 0) is 0 Å². The van der Waals surface area contributed by atoms with Crippen molar-refractivity contribution in [3.63, 3.8) is 0 Å². The van der Waals surface area contributed by atoms with Crippen LogP contribution in [0.4, 0.5) is 0 Å². The van der Waals surface area contributed by atoms with Gasteiger partial charge in [0.05, 0.1) is 0 Å². The second-order valence-corrected chi connectivity index (χ2v) is 7.33. The van der Waals surface area contributed by atoms with Gasteiger partial charge in [0.1, 0.15) is 0 Å². The van der Waals surface area contributed by atoms with Crippen LogP contribution in [0, 0.1) is 7.14 Å². The molecule has 20 heavy (non-hydrogen) atoms. The minimum atomic E-state index is -0.360. The molecule has 1 amide bonds. The molecule has 1 aromatic carbocycles. The summed E-state index contributed by atoms with van der Waals surface area (Å²) in [4.78, 5) is 11.7. The highest BCUT2D eigenvalue weighted by atomic mass is 127. The number of benzene rings is 1. The summed E-state index contributed by atoms with van der Waals surface area (Å²) in [5, 5.41) is 2.26. The maximum absolute atomic E-state index is 11.7. The van der Waals surface area contributed by atoms with Gasteiger partial charge in [-0.25, -0.2) is 10.4 Å². The molecule has 3 N–H and O–H groups in total. The van der Waals surface area contributed by atoms with E-state index in [-0.39, 0.29) is 11.9 Å².